The van der Waals surface area contributed by atoms with Gasteiger partial charge in [-0.1, -0.05) is 6.92 Å². The molecule has 20 heavy (non-hydrogen) atoms. The van der Waals surface area contributed by atoms with Crippen LogP contribution in [0.5, 0.6) is 0 Å². The lowest BCUT2D eigenvalue weighted by Crippen LogP contribution is -2.34. The van der Waals surface area contributed by atoms with Crippen LogP contribution in [0.15, 0.2) is 12.3 Å². The van der Waals surface area contributed by atoms with Gasteiger partial charge in [0.25, 0.3) is 11.7 Å². The highest BCUT2D eigenvalue weighted by Gasteiger charge is 2.28. The van der Waals surface area contributed by atoms with Gasteiger partial charge in [-0.05, 0) is 38.2 Å². The first-order valence-electron chi connectivity index (χ1n) is 7.16. The smallest absolute Gasteiger partial charge is 0.293 e. The molecule has 2 heterocycles. The minimum atomic E-state index is -0.0800. The Hall–Kier alpha value is -1.98. The van der Waals surface area contributed by atoms with Crippen molar-refractivity contribution in [1.82, 2.24) is 24.5 Å². The van der Waals surface area contributed by atoms with Crippen molar-refractivity contribution in [3.63, 3.8) is 0 Å². The summed E-state index contributed by atoms with van der Waals surface area (Å²) in [7, 11) is 0. The van der Waals surface area contributed by atoms with Crippen molar-refractivity contribution >= 4 is 11.7 Å². The Bertz CT molecular complexity index is 632. The van der Waals surface area contributed by atoms with Crippen LogP contribution in [0, 0.1) is 12.8 Å². The Morgan fingerprint density at radius 2 is 2.30 bits per heavy atom. The molecule has 1 amide bonds. The minimum Gasteiger partial charge on any atom is -0.336 e. The quantitative estimate of drug-likeness (QED) is 0.831. The molecule has 0 radical (unpaired) electrons. The van der Waals surface area contributed by atoms with E-state index >= 15 is 0 Å². The molecule has 0 spiro atoms. The van der Waals surface area contributed by atoms with E-state index < -0.39 is 0 Å². The summed E-state index contributed by atoms with van der Waals surface area (Å²) in [6.07, 6.45) is 5.09. The van der Waals surface area contributed by atoms with Crippen LogP contribution in [-0.2, 0) is 0 Å². The van der Waals surface area contributed by atoms with Crippen LogP contribution in [0.25, 0.3) is 5.78 Å². The van der Waals surface area contributed by atoms with Crippen LogP contribution in [0.3, 0.4) is 0 Å². The molecule has 0 unspecified atom stereocenters. The van der Waals surface area contributed by atoms with Crippen molar-refractivity contribution in [3.8, 4) is 0 Å². The van der Waals surface area contributed by atoms with Crippen molar-refractivity contribution < 1.29 is 4.79 Å². The number of nitrogens with zero attached hydrogens (tertiary/aromatic N) is 5. The topological polar surface area (TPSA) is 63.4 Å². The zero-order valence-corrected chi connectivity index (χ0v) is 11.9. The van der Waals surface area contributed by atoms with Gasteiger partial charge in [0.15, 0.2) is 0 Å². The van der Waals surface area contributed by atoms with Crippen LogP contribution in [-0.4, -0.2) is 43.5 Å². The Balaban J connectivity index is 1.87. The lowest BCUT2D eigenvalue weighted by molar-refractivity contribution is 0.0735. The molecule has 0 aromatic carbocycles. The van der Waals surface area contributed by atoms with Crippen molar-refractivity contribution in [1.29, 1.82) is 0 Å². The van der Waals surface area contributed by atoms with Gasteiger partial charge >= 0.3 is 0 Å². The maximum atomic E-state index is 12.5. The number of aromatic nitrogens is 4. The molecule has 0 bridgehead atoms. The standard InChI is InChI=1S/C14H19N5O/c1-3-8-18(9-11-4-5-11)13(20)12-16-14-15-7-6-10(2)19(14)17-12/h6-7,11H,3-5,8-9H2,1-2H3. The van der Waals surface area contributed by atoms with E-state index in [0.29, 0.717) is 11.7 Å². The van der Waals surface area contributed by atoms with Gasteiger partial charge in [-0.3, -0.25) is 4.79 Å². The Morgan fingerprint density at radius 3 is 2.95 bits per heavy atom. The van der Waals surface area contributed by atoms with Crippen molar-refractivity contribution in [2.24, 2.45) is 5.92 Å². The fraction of sp³-hybridized carbons (Fsp3) is 0.571. The van der Waals surface area contributed by atoms with Crippen molar-refractivity contribution in [2.75, 3.05) is 13.1 Å². The number of fused-ring (bicyclic) bond motifs is 1. The molecule has 6 nitrogen and oxygen atoms in total. The van der Waals surface area contributed by atoms with E-state index in [1.807, 2.05) is 17.9 Å². The minimum absolute atomic E-state index is 0.0800. The third kappa shape index (κ3) is 2.50. The predicted octanol–water partition coefficient (Wildman–Crippen LogP) is 1.69. The van der Waals surface area contributed by atoms with Gasteiger partial charge in [0.2, 0.25) is 5.82 Å². The molecule has 0 saturated heterocycles. The van der Waals surface area contributed by atoms with E-state index in [9.17, 15) is 4.79 Å². The number of amides is 1. The van der Waals surface area contributed by atoms with Gasteiger partial charge in [0.1, 0.15) is 0 Å². The second-order valence-electron chi connectivity index (χ2n) is 5.43. The van der Waals surface area contributed by atoms with Crippen LogP contribution in [0.4, 0.5) is 0 Å². The molecule has 3 rings (SSSR count). The van der Waals surface area contributed by atoms with Crippen molar-refractivity contribution in [2.45, 2.75) is 33.1 Å². The number of aryl methyl sites for hydroxylation is 1. The van der Waals surface area contributed by atoms with E-state index in [0.717, 1.165) is 25.2 Å². The SMILES string of the molecule is CCCN(CC1CC1)C(=O)c1nc2nccc(C)n2n1. The largest absolute Gasteiger partial charge is 0.336 e. The van der Waals surface area contributed by atoms with E-state index in [1.165, 1.54) is 12.8 Å². The summed E-state index contributed by atoms with van der Waals surface area (Å²) < 4.78 is 1.62. The molecule has 1 aliphatic rings. The lowest BCUT2D eigenvalue weighted by Gasteiger charge is -2.20. The molecule has 1 fully saturated rings. The van der Waals surface area contributed by atoms with E-state index in [1.54, 1.807) is 10.7 Å². The normalized spacial score (nSPS) is 14.7. The Kier molecular flexibility index (Phi) is 3.38. The predicted molar refractivity (Wildman–Crippen MR) is 74.4 cm³/mol. The average Bonchev–Trinajstić information content (AvgIpc) is 3.14. The summed E-state index contributed by atoms with van der Waals surface area (Å²) in [5.74, 6) is 1.32. The van der Waals surface area contributed by atoms with Crippen LogP contribution < -0.4 is 0 Å². The molecule has 0 aliphatic heterocycles. The Labute approximate surface area is 117 Å². The second-order valence-corrected chi connectivity index (χ2v) is 5.43. The third-order valence-electron chi connectivity index (χ3n) is 3.58. The second kappa shape index (κ2) is 5.19. The fourth-order valence-corrected chi connectivity index (χ4v) is 2.30. The summed E-state index contributed by atoms with van der Waals surface area (Å²) >= 11 is 0. The first-order chi connectivity index (χ1) is 9.69. The third-order valence-corrected chi connectivity index (χ3v) is 3.58. The molecule has 106 valence electrons. The summed E-state index contributed by atoms with van der Waals surface area (Å²) in [4.78, 5) is 22.8. The molecule has 6 heteroatoms. The number of hydrogen-bond donors (Lipinski definition) is 0. The van der Waals surface area contributed by atoms with Gasteiger partial charge in [0.05, 0.1) is 0 Å². The summed E-state index contributed by atoms with van der Waals surface area (Å²) in [6, 6.07) is 1.85. The van der Waals surface area contributed by atoms with Crippen LogP contribution in [0.1, 0.15) is 42.5 Å². The van der Waals surface area contributed by atoms with Gasteiger partial charge in [-0.25, -0.2) is 9.50 Å². The maximum absolute atomic E-state index is 12.5. The highest BCUT2D eigenvalue weighted by atomic mass is 16.2. The highest BCUT2D eigenvalue weighted by molar-refractivity contribution is 5.90. The zero-order chi connectivity index (χ0) is 14.1. The van der Waals surface area contributed by atoms with Crippen LogP contribution >= 0.6 is 0 Å². The molecule has 2 aromatic rings. The number of carbonyl (C=O) groups is 1. The van der Waals surface area contributed by atoms with Gasteiger partial charge in [-0.2, -0.15) is 4.98 Å². The molecule has 1 saturated carbocycles. The van der Waals surface area contributed by atoms with Crippen molar-refractivity contribution in [3.05, 3.63) is 23.8 Å². The first kappa shape index (κ1) is 13.0. The first-order valence-corrected chi connectivity index (χ1v) is 7.16. The highest BCUT2D eigenvalue weighted by Crippen LogP contribution is 2.30. The van der Waals surface area contributed by atoms with E-state index in [4.69, 9.17) is 0 Å². The maximum Gasteiger partial charge on any atom is 0.293 e. The molecular formula is C14H19N5O. The molecule has 0 atom stereocenters. The summed E-state index contributed by atoms with van der Waals surface area (Å²) in [6.45, 7) is 5.59. The van der Waals surface area contributed by atoms with E-state index in [2.05, 4.69) is 22.0 Å². The molecule has 1 aliphatic carbocycles. The van der Waals surface area contributed by atoms with E-state index in [-0.39, 0.29) is 11.7 Å². The fourth-order valence-electron chi connectivity index (χ4n) is 2.30. The molecular weight excluding hydrogens is 254 g/mol. The van der Waals surface area contributed by atoms with Crippen LogP contribution in [0.2, 0.25) is 0 Å². The number of hydrogen-bond acceptors (Lipinski definition) is 4. The monoisotopic (exact) mass is 273 g/mol. The number of carbonyl (C=O) groups excluding carboxylic acids is 1. The van der Waals surface area contributed by atoms with Gasteiger partial charge in [0, 0.05) is 25.0 Å². The van der Waals surface area contributed by atoms with Gasteiger partial charge < -0.3 is 4.90 Å². The molecule has 2 aromatic heterocycles. The molecule has 0 N–H and O–H groups in total. The van der Waals surface area contributed by atoms with Gasteiger partial charge in [-0.15, -0.1) is 5.10 Å². The zero-order valence-electron chi connectivity index (χ0n) is 11.9. The average molecular weight is 273 g/mol. The summed E-state index contributed by atoms with van der Waals surface area (Å²) in [5, 5.41) is 4.29. The number of rotatable bonds is 5. The lowest BCUT2D eigenvalue weighted by atomic mass is 10.3. The summed E-state index contributed by atoms with van der Waals surface area (Å²) in [5.41, 5.74) is 0.922. The Morgan fingerprint density at radius 1 is 1.50 bits per heavy atom.